The molecular formula is C16H12Cl2O5. The van der Waals surface area contributed by atoms with Gasteiger partial charge in [-0.05, 0) is 30.3 Å². The molecule has 0 amide bonds. The van der Waals surface area contributed by atoms with Gasteiger partial charge in [0.05, 0.1) is 35.4 Å². The Bertz CT molecular complexity index is 735. The molecule has 0 saturated carbocycles. The van der Waals surface area contributed by atoms with Gasteiger partial charge in [-0.25, -0.2) is 4.79 Å². The fourth-order valence-corrected chi connectivity index (χ4v) is 2.44. The van der Waals surface area contributed by atoms with Gasteiger partial charge < -0.3 is 14.2 Å². The largest absolute Gasteiger partial charge is 0.496 e. The van der Waals surface area contributed by atoms with Crippen LogP contribution in [0.2, 0.25) is 10.0 Å². The average molecular weight is 355 g/mol. The Morgan fingerprint density at radius 2 is 1.74 bits per heavy atom. The van der Waals surface area contributed by atoms with E-state index in [1.165, 1.54) is 32.4 Å². The molecule has 0 N–H and O–H groups in total. The topological polar surface area (TPSA) is 61.8 Å². The standard InChI is InChI=1S/C16H12Cl2O5/c1-21-14-4-3-11(5-10(14)8-19)23-15-12(17)6-9(7-13(15)18)16(20)22-2/h3-8H,1-2H3. The summed E-state index contributed by atoms with van der Waals surface area (Å²) in [6.45, 7) is 0. The molecule has 120 valence electrons. The number of esters is 1. The third-order valence-electron chi connectivity index (χ3n) is 2.97. The Kier molecular flexibility index (Phi) is 5.47. The van der Waals surface area contributed by atoms with E-state index < -0.39 is 5.97 Å². The first-order chi connectivity index (χ1) is 11.0. The Morgan fingerprint density at radius 1 is 1.09 bits per heavy atom. The highest BCUT2D eigenvalue weighted by Gasteiger charge is 2.16. The number of methoxy groups -OCH3 is 2. The molecule has 23 heavy (non-hydrogen) atoms. The van der Waals surface area contributed by atoms with E-state index in [1.54, 1.807) is 12.1 Å². The molecule has 0 aromatic heterocycles. The minimum Gasteiger partial charge on any atom is -0.496 e. The predicted molar refractivity (Wildman–Crippen MR) is 86.3 cm³/mol. The summed E-state index contributed by atoms with van der Waals surface area (Å²) in [4.78, 5) is 22.5. The van der Waals surface area contributed by atoms with Gasteiger partial charge in [0.2, 0.25) is 0 Å². The lowest BCUT2D eigenvalue weighted by molar-refractivity contribution is 0.0600. The summed E-state index contributed by atoms with van der Waals surface area (Å²) in [7, 11) is 2.72. The number of hydrogen-bond donors (Lipinski definition) is 0. The number of carbonyl (C=O) groups is 2. The van der Waals surface area contributed by atoms with E-state index in [-0.39, 0.29) is 21.4 Å². The van der Waals surface area contributed by atoms with Crippen LogP contribution in [0.15, 0.2) is 30.3 Å². The maximum atomic E-state index is 11.5. The summed E-state index contributed by atoms with van der Waals surface area (Å²) in [5.41, 5.74) is 0.529. The molecule has 0 fully saturated rings. The first kappa shape index (κ1) is 17.1. The maximum absolute atomic E-state index is 11.5. The molecule has 0 spiro atoms. The number of rotatable bonds is 5. The van der Waals surface area contributed by atoms with Crippen molar-refractivity contribution in [3.63, 3.8) is 0 Å². The maximum Gasteiger partial charge on any atom is 0.337 e. The Hall–Kier alpha value is -2.24. The normalized spacial score (nSPS) is 10.1. The van der Waals surface area contributed by atoms with Crippen LogP contribution in [-0.2, 0) is 4.74 Å². The van der Waals surface area contributed by atoms with Crippen molar-refractivity contribution in [2.75, 3.05) is 14.2 Å². The predicted octanol–water partition coefficient (Wildman–Crippen LogP) is 4.39. The third-order valence-corrected chi connectivity index (χ3v) is 3.53. The third kappa shape index (κ3) is 3.75. The smallest absolute Gasteiger partial charge is 0.337 e. The van der Waals surface area contributed by atoms with Crippen LogP contribution < -0.4 is 9.47 Å². The van der Waals surface area contributed by atoms with Gasteiger partial charge >= 0.3 is 5.97 Å². The van der Waals surface area contributed by atoms with Gasteiger partial charge in [0.25, 0.3) is 0 Å². The summed E-state index contributed by atoms with van der Waals surface area (Å²) >= 11 is 12.2. The molecule has 0 bridgehead atoms. The van der Waals surface area contributed by atoms with E-state index in [0.29, 0.717) is 23.3 Å². The van der Waals surface area contributed by atoms with E-state index in [2.05, 4.69) is 4.74 Å². The lowest BCUT2D eigenvalue weighted by Gasteiger charge is -2.12. The van der Waals surface area contributed by atoms with Gasteiger partial charge in [0.1, 0.15) is 11.5 Å². The summed E-state index contributed by atoms with van der Waals surface area (Å²) in [5.74, 6) is 0.379. The van der Waals surface area contributed by atoms with Gasteiger partial charge in [0.15, 0.2) is 12.0 Å². The summed E-state index contributed by atoms with van der Waals surface area (Å²) in [6, 6.07) is 7.46. The second-order valence-electron chi connectivity index (χ2n) is 4.38. The molecule has 5 nitrogen and oxygen atoms in total. The quantitative estimate of drug-likeness (QED) is 0.588. The number of benzene rings is 2. The Labute approximate surface area is 142 Å². The molecule has 2 aromatic carbocycles. The van der Waals surface area contributed by atoms with Crippen molar-refractivity contribution in [3.05, 3.63) is 51.5 Å². The van der Waals surface area contributed by atoms with E-state index in [9.17, 15) is 9.59 Å². The van der Waals surface area contributed by atoms with Gasteiger partial charge in [0, 0.05) is 0 Å². The van der Waals surface area contributed by atoms with Crippen LogP contribution in [0.1, 0.15) is 20.7 Å². The fourth-order valence-electron chi connectivity index (χ4n) is 1.88. The first-order valence-corrected chi connectivity index (χ1v) is 7.14. The van der Waals surface area contributed by atoms with Crippen molar-refractivity contribution in [2.24, 2.45) is 0 Å². The van der Waals surface area contributed by atoms with Crippen LogP contribution in [0.25, 0.3) is 0 Å². The summed E-state index contributed by atoms with van der Waals surface area (Å²) in [5, 5.41) is 0.280. The second kappa shape index (κ2) is 7.35. The van der Waals surface area contributed by atoms with E-state index in [1.807, 2.05) is 0 Å². The zero-order valence-corrected chi connectivity index (χ0v) is 13.8. The number of hydrogen-bond acceptors (Lipinski definition) is 5. The molecule has 0 heterocycles. The van der Waals surface area contributed by atoms with E-state index >= 15 is 0 Å². The molecule has 0 radical (unpaired) electrons. The van der Waals surface area contributed by atoms with Crippen LogP contribution in [0.3, 0.4) is 0 Å². The van der Waals surface area contributed by atoms with Gasteiger partial charge in [-0.3, -0.25) is 4.79 Å². The van der Waals surface area contributed by atoms with Crippen molar-refractivity contribution in [3.8, 4) is 17.2 Å². The number of aldehydes is 1. The molecule has 2 aromatic rings. The van der Waals surface area contributed by atoms with Gasteiger partial charge in [-0.2, -0.15) is 0 Å². The highest BCUT2D eigenvalue weighted by Crippen LogP contribution is 2.38. The van der Waals surface area contributed by atoms with Crippen molar-refractivity contribution in [2.45, 2.75) is 0 Å². The fraction of sp³-hybridized carbons (Fsp3) is 0.125. The number of halogens is 2. The highest BCUT2D eigenvalue weighted by molar-refractivity contribution is 6.37. The van der Waals surface area contributed by atoms with Crippen molar-refractivity contribution >= 4 is 35.5 Å². The van der Waals surface area contributed by atoms with Crippen molar-refractivity contribution in [1.29, 1.82) is 0 Å². The molecule has 0 saturated heterocycles. The van der Waals surface area contributed by atoms with Crippen molar-refractivity contribution in [1.82, 2.24) is 0 Å². The van der Waals surface area contributed by atoms with Gasteiger partial charge in [-0.15, -0.1) is 0 Å². The minimum atomic E-state index is -0.562. The van der Waals surface area contributed by atoms with Gasteiger partial charge in [-0.1, -0.05) is 23.2 Å². The van der Waals surface area contributed by atoms with Crippen molar-refractivity contribution < 1.29 is 23.8 Å². The molecule has 0 aliphatic carbocycles. The van der Waals surface area contributed by atoms with E-state index in [4.69, 9.17) is 32.7 Å². The highest BCUT2D eigenvalue weighted by atomic mass is 35.5. The van der Waals surface area contributed by atoms with E-state index in [0.717, 1.165) is 0 Å². The Balaban J connectivity index is 2.37. The lowest BCUT2D eigenvalue weighted by Crippen LogP contribution is -2.01. The zero-order chi connectivity index (χ0) is 17.0. The molecule has 0 atom stereocenters. The number of ether oxygens (including phenoxy) is 3. The molecule has 0 aliphatic heterocycles. The minimum absolute atomic E-state index is 0.140. The second-order valence-corrected chi connectivity index (χ2v) is 5.20. The monoisotopic (exact) mass is 354 g/mol. The molecule has 7 heteroatoms. The molecular weight excluding hydrogens is 343 g/mol. The van der Waals surface area contributed by atoms with Crippen LogP contribution in [0, 0.1) is 0 Å². The summed E-state index contributed by atoms with van der Waals surface area (Å²) in [6.07, 6.45) is 0.648. The first-order valence-electron chi connectivity index (χ1n) is 6.38. The molecule has 2 rings (SSSR count). The van der Waals surface area contributed by atoms with Crippen LogP contribution in [0.5, 0.6) is 17.2 Å². The molecule has 0 aliphatic rings. The van der Waals surface area contributed by atoms with Crippen LogP contribution >= 0.6 is 23.2 Å². The zero-order valence-electron chi connectivity index (χ0n) is 12.3. The Morgan fingerprint density at radius 3 is 2.26 bits per heavy atom. The van der Waals surface area contributed by atoms with Crippen LogP contribution in [0.4, 0.5) is 0 Å². The van der Waals surface area contributed by atoms with Crippen LogP contribution in [-0.4, -0.2) is 26.5 Å². The lowest BCUT2D eigenvalue weighted by atomic mass is 10.2. The SMILES string of the molecule is COC(=O)c1cc(Cl)c(Oc2ccc(OC)c(C=O)c2)c(Cl)c1. The number of carbonyl (C=O) groups excluding carboxylic acids is 2. The summed E-state index contributed by atoms with van der Waals surface area (Å²) < 4.78 is 15.3. The molecule has 0 unspecified atom stereocenters. The average Bonchev–Trinajstić information content (AvgIpc) is 2.56.